The average Bonchev–Trinajstić information content (AvgIpc) is 2.34. The van der Waals surface area contributed by atoms with E-state index in [0.29, 0.717) is 18.4 Å². The van der Waals surface area contributed by atoms with E-state index in [4.69, 9.17) is 5.11 Å². The minimum atomic E-state index is -0.986. The third kappa shape index (κ3) is 4.44. The summed E-state index contributed by atoms with van der Waals surface area (Å²) < 4.78 is 0. The van der Waals surface area contributed by atoms with E-state index in [1.807, 2.05) is 6.92 Å². The molecule has 0 heterocycles. The second-order valence-electron chi connectivity index (χ2n) is 5.85. The fraction of sp³-hybridized carbons (Fsp3) is 0.562. The van der Waals surface area contributed by atoms with Crippen molar-refractivity contribution in [2.75, 3.05) is 11.9 Å². The molecule has 0 aliphatic rings. The quantitative estimate of drug-likeness (QED) is 0.737. The number of benzene rings is 1. The van der Waals surface area contributed by atoms with Gasteiger partial charge in [0.1, 0.15) is 0 Å². The molecule has 0 saturated heterocycles. The number of hydrogen-bond acceptors (Lipinski definition) is 2. The summed E-state index contributed by atoms with van der Waals surface area (Å²) in [6.07, 6.45) is -0.986. The molecule has 1 aromatic rings. The molecule has 112 valence electrons. The molecule has 1 amide bonds. The topological polar surface area (TPSA) is 61.4 Å². The summed E-state index contributed by atoms with van der Waals surface area (Å²) in [5, 5.41) is 14.6. The predicted octanol–water partition coefficient (Wildman–Crippen LogP) is 4.00. The Kier molecular flexibility index (Phi) is 5.86. The van der Waals surface area contributed by atoms with Gasteiger partial charge in [-0.05, 0) is 29.9 Å². The van der Waals surface area contributed by atoms with Crippen LogP contribution in [0.1, 0.15) is 57.6 Å². The van der Waals surface area contributed by atoms with Crippen LogP contribution < -0.4 is 10.6 Å². The van der Waals surface area contributed by atoms with Gasteiger partial charge in [-0.25, -0.2) is 4.79 Å². The van der Waals surface area contributed by atoms with E-state index in [1.165, 1.54) is 11.1 Å². The number of para-hydroxylation sites is 1. The lowest BCUT2D eigenvalue weighted by Crippen LogP contribution is -2.36. The van der Waals surface area contributed by atoms with Crippen LogP contribution in [0.25, 0.3) is 0 Å². The smallest absolute Gasteiger partial charge is 0.404 e. The second kappa shape index (κ2) is 7.17. The van der Waals surface area contributed by atoms with Gasteiger partial charge in [-0.2, -0.15) is 0 Å². The molecule has 0 aliphatic carbocycles. The minimum absolute atomic E-state index is 0.132. The summed E-state index contributed by atoms with van der Waals surface area (Å²) in [6.45, 7) is 11.1. The van der Waals surface area contributed by atoms with Crippen LogP contribution in [0.2, 0.25) is 0 Å². The first-order valence-corrected chi connectivity index (χ1v) is 7.19. The van der Waals surface area contributed by atoms with Crippen LogP contribution in [-0.2, 0) is 0 Å². The largest absolute Gasteiger partial charge is 0.465 e. The van der Waals surface area contributed by atoms with Crippen molar-refractivity contribution >= 4 is 11.8 Å². The van der Waals surface area contributed by atoms with Crippen molar-refractivity contribution in [3.63, 3.8) is 0 Å². The molecule has 1 rings (SSSR count). The van der Waals surface area contributed by atoms with Crippen molar-refractivity contribution in [3.8, 4) is 0 Å². The molecule has 0 aliphatic heterocycles. The molecule has 0 bridgehead atoms. The zero-order chi connectivity index (χ0) is 15.3. The van der Waals surface area contributed by atoms with Gasteiger partial charge in [0, 0.05) is 18.3 Å². The van der Waals surface area contributed by atoms with Crippen LogP contribution in [0.3, 0.4) is 0 Å². The van der Waals surface area contributed by atoms with E-state index in [-0.39, 0.29) is 6.04 Å². The van der Waals surface area contributed by atoms with Crippen molar-refractivity contribution in [2.45, 2.75) is 52.5 Å². The van der Waals surface area contributed by atoms with E-state index >= 15 is 0 Å². The summed E-state index contributed by atoms with van der Waals surface area (Å²) in [4.78, 5) is 10.6. The van der Waals surface area contributed by atoms with E-state index in [1.54, 1.807) is 0 Å². The summed E-state index contributed by atoms with van der Waals surface area (Å²) >= 11 is 0. The van der Waals surface area contributed by atoms with Crippen molar-refractivity contribution < 1.29 is 9.90 Å². The molecule has 0 unspecified atom stereocenters. The Labute approximate surface area is 121 Å². The highest BCUT2D eigenvalue weighted by Gasteiger charge is 2.14. The summed E-state index contributed by atoms with van der Waals surface area (Å²) in [5.74, 6) is 0.859. The second-order valence-corrected chi connectivity index (χ2v) is 5.85. The highest BCUT2D eigenvalue weighted by molar-refractivity contribution is 5.65. The number of nitrogens with one attached hydrogen (secondary N) is 2. The Balaban J connectivity index is 2.93. The van der Waals surface area contributed by atoms with Crippen LogP contribution in [0, 0.1) is 0 Å². The van der Waals surface area contributed by atoms with Crippen LogP contribution in [0.4, 0.5) is 10.5 Å². The Morgan fingerprint density at radius 3 is 2.00 bits per heavy atom. The van der Waals surface area contributed by atoms with Crippen molar-refractivity contribution in [2.24, 2.45) is 0 Å². The van der Waals surface area contributed by atoms with E-state index < -0.39 is 6.09 Å². The molecule has 1 atom stereocenters. The molecule has 1 aromatic carbocycles. The molecule has 4 nitrogen and oxygen atoms in total. The molecule has 0 saturated carbocycles. The predicted molar refractivity (Wildman–Crippen MR) is 83.7 cm³/mol. The van der Waals surface area contributed by atoms with Crippen LogP contribution >= 0.6 is 0 Å². The van der Waals surface area contributed by atoms with E-state index in [2.05, 4.69) is 56.5 Å². The van der Waals surface area contributed by atoms with Gasteiger partial charge in [0.05, 0.1) is 0 Å². The first-order chi connectivity index (χ1) is 9.32. The molecule has 0 spiro atoms. The van der Waals surface area contributed by atoms with Gasteiger partial charge in [-0.15, -0.1) is 0 Å². The van der Waals surface area contributed by atoms with Crippen molar-refractivity contribution in [1.29, 1.82) is 0 Å². The van der Waals surface area contributed by atoms with Gasteiger partial charge in [-0.3, -0.25) is 0 Å². The number of rotatable bonds is 6. The number of amides is 1. The zero-order valence-corrected chi connectivity index (χ0v) is 13.0. The Hall–Kier alpha value is -1.71. The highest BCUT2D eigenvalue weighted by Crippen LogP contribution is 2.32. The summed E-state index contributed by atoms with van der Waals surface area (Å²) in [5.41, 5.74) is 3.70. The molecule has 0 aromatic heterocycles. The molecule has 20 heavy (non-hydrogen) atoms. The first-order valence-electron chi connectivity index (χ1n) is 7.19. The van der Waals surface area contributed by atoms with Crippen molar-refractivity contribution in [3.05, 3.63) is 29.3 Å². The number of anilines is 1. The maximum atomic E-state index is 10.6. The highest BCUT2D eigenvalue weighted by atomic mass is 16.4. The SMILES string of the molecule is CC(C)c1cccc(C(C)C)c1NC[C@H](C)NC(=O)O. The molecular weight excluding hydrogens is 252 g/mol. The normalized spacial score (nSPS) is 12.6. The maximum absolute atomic E-state index is 10.6. The number of carbonyl (C=O) groups is 1. The maximum Gasteiger partial charge on any atom is 0.404 e. The van der Waals surface area contributed by atoms with Gasteiger partial charge in [0.15, 0.2) is 0 Å². The van der Waals surface area contributed by atoms with Crippen LogP contribution in [-0.4, -0.2) is 23.8 Å². The molecule has 4 heteroatoms. The van der Waals surface area contributed by atoms with E-state index in [0.717, 1.165) is 5.69 Å². The minimum Gasteiger partial charge on any atom is -0.465 e. The standard InChI is InChI=1S/C16H26N2O2/c1-10(2)13-7-6-8-14(11(3)4)15(13)17-9-12(5)18-16(19)20/h6-8,10-12,17-18H,9H2,1-5H3,(H,19,20)/t12-/m0/s1. The van der Waals surface area contributed by atoms with Gasteiger partial charge < -0.3 is 15.7 Å². The lowest BCUT2D eigenvalue weighted by Gasteiger charge is -2.22. The lowest BCUT2D eigenvalue weighted by molar-refractivity contribution is 0.191. The molecule has 3 N–H and O–H groups in total. The van der Waals surface area contributed by atoms with Gasteiger partial charge in [0.25, 0.3) is 0 Å². The molecular formula is C16H26N2O2. The monoisotopic (exact) mass is 278 g/mol. The number of carboxylic acid groups (broad SMARTS) is 1. The van der Waals surface area contributed by atoms with Gasteiger partial charge in [0.2, 0.25) is 0 Å². The summed E-state index contributed by atoms with van der Waals surface area (Å²) in [6, 6.07) is 6.23. The molecule has 0 radical (unpaired) electrons. The summed E-state index contributed by atoms with van der Waals surface area (Å²) in [7, 11) is 0. The Morgan fingerprint density at radius 2 is 1.60 bits per heavy atom. The first kappa shape index (κ1) is 16.3. The Morgan fingerprint density at radius 1 is 1.10 bits per heavy atom. The fourth-order valence-electron chi connectivity index (χ4n) is 2.27. The Bertz CT molecular complexity index is 430. The van der Waals surface area contributed by atoms with Crippen LogP contribution in [0.5, 0.6) is 0 Å². The van der Waals surface area contributed by atoms with Crippen molar-refractivity contribution in [1.82, 2.24) is 5.32 Å². The third-order valence-electron chi connectivity index (χ3n) is 3.33. The number of hydrogen-bond donors (Lipinski definition) is 3. The van der Waals surface area contributed by atoms with Gasteiger partial charge >= 0.3 is 6.09 Å². The fourth-order valence-corrected chi connectivity index (χ4v) is 2.27. The third-order valence-corrected chi connectivity index (χ3v) is 3.33. The van der Waals surface area contributed by atoms with Gasteiger partial charge in [-0.1, -0.05) is 45.9 Å². The average molecular weight is 278 g/mol. The molecule has 0 fully saturated rings. The lowest BCUT2D eigenvalue weighted by atomic mass is 9.92. The zero-order valence-electron chi connectivity index (χ0n) is 13.0. The van der Waals surface area contributed by atoms with Crippen LogP contribution in [0.15, 0.2) is 18.2 Å². The van der Waals surface area contributed by atoms with E-state index in [9.17, 15) is 4.79 Å².